The average molecular weight is 497 g/mol. The van der Waals surface area contributed by atoms with Crippen LogP contribution in [0.1, 0.15) is 34.7 Å². The van der Waals surface area contributed by atoms with Crippen LogP contribution in [0.3, 0.4) is 0 Å². The molecule has 0 bridgehead atoms. The Bertz CT molecular complexity index is 1490. The van der Waals surface area contributed by atoms with Crippen molar-refractivity contribution in [2.45, 2.75) is 23.7 Å². The number of carbonyl (C=O) groups is 1. The molecule has 1 fully saturated rings. The van der Waals surface area contributed by atoms with E-state index in [9.17, 15) is 18.3 Å². The van der Waals surface area contributed by atoms with Crippen LogP contribution >= 0.6 is 11.6 Å². The zero-order valence-electron chi connectivity index (χ0n) is 17.5. The third kappa shape index (κ3) is 4.22. The van der Waals surface area contributed by atoms with Gasteiger partial charge in [0.05, 0.1) is 32.6 Å². The molecule has 0 radical (unpaired) electrons. The van der Waals surface area contributed by atoms with Gasteiger partial charge in [-0.1, -0.05) is 23.7 Å². The number of nitrogens with zero attached hydrogens (tertiary/aromatic N) is 5. The van der Waals surface area contributed by atoms with Crippen LogP contribution in [0.4, 0.5) is 5.69 Å². The van der Waals surface area contributed by atoms with E-state index in [-0.39, 0.29) is 27.1 Å². The Balaban J connectivity index is 1.66. The molecule has 0 amide bonds. The van der Waals surface area contributed by atoms with Crippen molar-refractivity contribution >= 4 is 33.3 Å². The van der Waals surface area contributed by atoms with Gasteiger partial charge in [0.2, 0.25) is 0 Å². The summed E-state index contributed by atoms with van der Waals surface area (Å²) in [7, 11) is -4.18. The van der Waals surface area contributed by atoms with Gasteiger partial charge in [-0.2, -0.15) is 4.68 Å². The summed E-state index contributed by atoms with van der Waals surface area (Å²) in [6.07, 6.45) is 4.61. The molecule has 12 heteroatoms. The molecule has 5 rings (SSSR count). The minimum atomic E-state index is -4.18. The van der Waals surface area contributed by atoms with Gasteiger partial charge in [0.25, 0.3) is 10.0 Å². The lowest BCUT2D eigenvalue weighted by atomic mass is 10.1. The normalized spacial score (nSPS) is 13.6. The van der Waals surface area contributed by atoms with Crippen molar-refractivity contribution in [3.05, 3.63) is 77.2 Å². The SMILES string of the molecule is O=C(O)c1ccc(C2CC2)c(S(=O)(=O)Nc2cc(-n3cnnn3)c(Cl)cc2-c2ccccn2)c1. The number of hydrogen-bond donors (Lipinski definition) is 2. The highest BCUT2D eigenvalue weighted by atomic mass is 35.5. The molecule has 0 saturated heterocycles. The van der Waals surface area contributed by atoms with E-state index in [2.05, 4.69) is 25.2 Å². The number of carboxylic acid groups (broad SMARTS) is 1. The second-order valence-electron chi connectivity index (χ2n) is 7.76. The minimum Gasteiger partial charge on any atom is -0.478 e. The quantitative estimate of drug-likeness (QED) is 0.394. The molecule has 2 aromatic carbocycles. The van der Waals surface area contributed by atoms with Gasteiger partial charge in [-0.3, -0.25) is 9.71 Å². The standard InChI is InChI=1S/C22H17ClN6O4S/c23-17-10-16(18-3-1-2-8-24-18)19(11-20(17)29-12-25-27-28-29)26-34(32,33)21-9-14(22(30)31)6-7-15(21)13-4-5-13/h1-3,6-13,26H,4-5H2,(H,30,31). The lowest BCUT2D eigenvalue weighted by Crippen LogP contribution is -2.17. The monoisotopic (exact) mass is 496 g/mol. The number of carboxylic acids is 1. The van der Waals surface area contributed by atoms with Crippen LogP contribution < -0.4 is 4.72 Å². The molecule has 1 aliphatic rings. The highest BCUT2D eigenvalue weighted by Gasteiger charge is 2.32. The Hall–Kier alpha value is -3.83. The maximum absolute atomic E-state index is 13.6. The van der Waals surface area contributed by atoms with Crippen molar-refractivity contribution < 1.29 is 18.3 Å². The van der Waals surface area contributed by atoms with Crippen LogP contribution in [-0.2, 0) is 10.0 Å². The lowest BCUT2D eigenvalue weighted by molar-refractivity contribution is 0.0696. The molecular formula is C22H17ClN6O4S. The van der Waals surface area contributed by atoms with Crippen molar-refractivity contribution in [2.24, 2.45) is 0 Å². The molecule has 0 aliphatic heterocycles. The van der Waals surface area contributed by atoms with Gasteiger partial charge in [-0.05, 0) is 71.1 Å². The summed E-state index contributed by atoms with van der Waals surface area (Å²) in [5.74, 6) is -1.13. The predicted octanol–water partition coefficient (Wildman–Crippen LogP) is 3.75. The van der Waals surface area contributed by atoms with Gasteiger partial charge < -0.3 is 5.11 Å². The number of anilines is 1. The molecule has 2 heterocycles. The molecule has 34 heavy (non-hydrogen) atoms. The molecular weight excluding hydrogens is 480 g/mol. The minimum absolute atomic E-state index is 0.0687. The Morgan fingerprint density at radius 1 is 1.15 bits per heavy atom. The molecule has 0 unspecified atom stereocenters. The first-order valence-electron chi connectivity index (χ1n) is 10.2. The number of nitrogens with one attached hydrogen (secondary N) is 1. The molecule has 1 aliphatic carbocycles. The molecule has 2 N–H and O–H groups in total. The zero-order valence-corrected chi connectivity index (χ0v) is 19.0. The number of halogens is 1. The number of aromatic carboxylic acids is 1. The molecule has 10 nitrogen and oxygen atoms in total. The number of pyridine rings is 1. The van der Waals surface area contributed by atoms with E-state index < -0.39 is 16.0 Å². The van der Waals surface area contributed by atoms with Gasteiger partial charge >= 0.3 is 5.97 Å². The van der Waals surface area contributed by atoms with Gasteiger partial charge in [0.1, 0.15) is 6.33 Å². The number of hydrogen-bond acceptors (Lipinski definition) is 7. The lowest BCUT2D eigenvalue weighted by Gasteiger charge is -2.17. The van der Waals surface area contributed by atoms with Gasteiger partial charge in [0.15, 0.2) is 0 Å². The second-order valence-corrected chi connectivity index (χ2v) is 9.81. The van der Waals surface area contributed by atoms with Crippen LogP contribution in [0.25, 0.3) is 16.9 Å². The smallest absolute Gasteiger partial charge is 0.335 e. The van der Waals surface area contributed by atoms with Crippen molar-refractivity contribution in [2.75, 3.05) is 4.72 Å². The first kappa shape index (κ1) is 22.0. The molecule has 2 aromatic heterocycles. The summed E-state index contributed by atoms with van der Waals surface area (Å²) in [6.45, 7) is 0. The predicted molar refractivity (Wildman–Crippen MR) is 124 cm³/mol. The highest BCUT2D eigenvalue weighted by Crippen LogP contribution is 2.44. The van der Waals surface area contributed by atoms with Crippen molar-refractivity contribution in [3.8, 4) is 16.9 Å². The van der Waals surface area contributed by atoms with Crippen LogP contribution in [0.5, 0.6) is 0 Å². The molecule has 0 spiro atoms. The maximum Gasteiger partial charge on any atom is 0.335 e. The van der Waals surface area contributed by atoms with E-state index >= 15 is 0 Å². The largest absolute Gasteiger partial charge is 0.478 e. The Labute approximate surface area is 199 Å². The molecule has 172 valence electrons. The van der Waals surface area contributed by atoms with Gasteiger partial charge in [-0.25, -0.2) is 13.2 Å². The van der Waals surface area contributed by atoms with E-state index in [1.807, 2.05) is 0 Å². The zero-order chi connectivity index (χ0) is 23.9. The van der Waals surface area contributed by atoms with E-state index in [1.54, 1.807) is 36.5 Å². The summed E-state index contributed by atoms with van der Waals surface area (Å²) in [4.78, 5) is 15.8. The van der Waals surface area contributed by atoms with Gasteiger partial charge in [-0.15, -0.1) is 5.10 Å². The average Bonchev–Trinajstić information content (AvgIpc) is 3.53. The van der Waals surface area contributed by atoms with Crippen LogP contribution in [0, 0.1) is 0 Å². The van der Waals surface area contributed by atoms with Crippen LogP contribution in [0.2, 0.25) is 5.02 Å². The summed E-state index contributed by atoms with van der Waals surface area (Å²) >= 11 is 6.47. The Kier molecular flexibility index (Phi) is 5.50. The van der Waals surface area contributed by atoms with Crippen LogP contribution in [-0.4, -0.2) is 44.7 Å². The number of rotatable bonds is 7. The van der Waals surface area contributed by atoms with Crippen molar-refractivity contribution in [3.63, 3.8) is 0 Å². The first-order valence-corrected chi connectivity index (χ1v) is 12.1. The summed E-state index contributed by atoms with van der Waals surface area (Å²) in [5.41, 5.74) is 1.95. The Morgan fingerprint density at radius 3 is 2.62 bits per heavy atom. The Morgan fingerprint density at radius 2 is 1.97 bits per heavy atom. The number of sulfonamides is 1. The maximum atomic E-state index is 13.6. The highest BCUT2D eigenvalue weighted by molar-refractivity contribution is 7.92. The van der Waals surface area contributed by atoms with E-state index in [4.69, 9.17) is 11.6 Å². The number of tetrazole rings is 1. The second kappa shape index (κ2) is 8.50. The number of benzene rings is 2. The van der Waals surface area contributed by atoms with Crippen molar-refractivity contribution in [1.29, 1.82) is 0 Å². The fourth-order valence-electron chi connectivity index (χ4n) is 3.66. The van der Waals surface area contributed by atoms with Crippen molar-refractivity contribution in [1.82, 2.24) is 25.2 Å². The van der Waals surface area contributed by atoms with E-state index in [1.165, 1.54) is 29.2 Å². The molecule has 1 saturated carbocycles. The molecule has 4 aromatic rings. The summed E-state index contributed by atoms with van der Waals surface area (Å²) in [6, 6.07) is 12.5. The molecule has 0 atom stereocenters. The summed E-state index contributed by atoms with van der Waals surface area (Å²) in [5, 5.41) is 20.7. The third-order valence-electron chi connectivity index (χ3n) is 5.44. The number of aromatic nitrogens is 5. The topological polar surface area (TPSA) is 140 Å². The van der Waals surface area contributed by atoms with E-state index in [0.717, 1.165) is 12.8 Å². The first-order chi connectivity index (χ1) is 16.3. The summed E-state index contributed by atoms with van der Waals surface area (Å²) < 4.78 is 31.1. The third-order valence-corrected chi connectivity index (χ3v) is 7.16. The fraction of sp³-hybridized carbons (Fsp3) is 0.136. The van der Waals surface area contributed by atoms with Crippen LogP contribution in [0.15, 0.2) is 66.0 Å². The van der Waals surface area contributed by atoms with Gasteiger partial charge in [0, 0.05) is 11.8 Å². The fourth-order valence-corrected chi connectivity index (χ4v) is 5.30. The van der Waals surface area contributed by atoms with E-state index in [0.29, 0.717) is 22.5 Å².